The number of hydrogen-bond acceptors (Lipinski definition) is 9. The molecule has 0 aliphatic heterocycles. The molecule has 25 heavy (non-hydrogen) atoms. The van der Waals surface area contributed by atoms with Crippen molar-refractivity contribution in [2.45, 2.75) is 37.0 Å². The molecule has 2 aromatic rings. The summed E-state index contributed by atoms with van der Waals surface area (Å²) in [6.45, 7) is 3.56. The molecule has 132 valence electrons. The molecular formula is C14H16N6O2S3. The van der Waals surface area contributed by atoms with Crippen LogP contribution in [-0.2, 0) is 9.59 Å². The summed E-state index contributed by atoms with van der Waals surface area (Å²) in [5, 5.41) is 6.51. The first-order valence-corrected chi connectivity index (χ1v) is 10.8. The van der Waals surface area contributed by atoms with Crippen LogP contribution >= 0.6 is 31.4 Å². The Kier molecular flexibility index (Phi) is 7.95. The van der Waals surface area contributed by atoms with Crippen LogP contribution in [-0.4, -0.2) is 31.8 Å². The third kappa shape index (κ3) is 6.88. The first kappa shape index (κ1) is 19.5. The van der Waals surface area contributed by atoms with Crippen LogP contribution in [0.1, 0.15) is 26.7 Å². The fourth-order valence-electron chi connectivity index (χ4n) is 1.42. The molecule has 2 N–H and O–H groups in total. The third-order valence-electron chi connectivity index (χ3n) is 2.68. The Balaban J connectivity index is 1.78. The van der Waals surface area contributed by atoms with Crippen molar-refractivity contribution in [1.29, 1.82) is 0 Å². The fourth-order valence-corrected chi connectivity index (χ4v) is 4.35. The maximum Gasteiger partial charge on any atom is 0.224 e. The highest BCUT2D eigenvalue weighted by atomic mass is 33.5. The van der Waals surface area contributed by atoms with Gasteiger partial charge in [-0.3, -0.25) is 9.59 Å². The second-order valence-corrected chi connectivity index (χ2v) is 8.38. The molecule has 0 saturated heterocycles. The lowest BCUT2D eigenvalue weighted by atomic mass is 10.4. The van der Waals surface area contributed by atoms with Crippen molar-refractivity contribution in [3.8, 4) is 0 Å². The Hall–Kier alpha value is -1.85. The van der Waals surface area contributed by atoms with Crippen LogP contribution in [0.2, 0.25) is 0 Å². The second-order valence-electron chi connectivity index (χ2n) is 4.55. The molecule has 0 aliphatic carbocycles. The molecule has 0 bridgehead atoms. The predicted octanol–water partition coefficient (Wildman–Crippen LogP) is 3.41. The van der Waals surface area contributed by atoms with Gasteiger partial charge in [0, 0.05) is 12.8 Å². The highest BCUT2D eigenvalue weighted by Crippen LogP contribution is 2.41. The quantitative estimate of drug-likeness (QED) is 0.512. The summed E-state index contributed by atoms with van der Waals surface area (Å²) in [4.78, 5) is 39.2. The monoisotopic (exact) mass is 396 g/mol. The maximum absolute atomic E-state index is 11.3. The normalized spacial score (nSPS) is 10.3. The molecule has 0 aliphatic rings. The topological polar surface area (TPSA) is 110 Å². The van der Waals surface area contributed by atoms with Gasteiger partial charge in [0.1, 0.15) is 0 Å². The van der Waals surface area contributed by atoms with Crippen molar-refractivity contribution < 1.29 is 9.59 Å². The van der Waals surface area contributed by atoms with E-state index in [0.717, 1.165) is 0 Å². The largest absolute Gasteiger partial charge is 0.323 e. The summed E-state index contributed by atoms with van der Waals surface area (Å²) in [6.07, 6.45) is 7.07. The zero-order chi connectivity index (χ0) is 18.1. The minimum absolute atomic E-state index is 0.0790. The Morgan fingerprint density at radius 3 is 1.48 bits per heavy atom. The molecule has 8 nitrogen and oxygen atoms in total. The van der Waals surface area contributed by atoms with Gasteiger partial charge in [0.2, 0.25) is 11.8 Å². The molecule has 2 heterocycles. The van der Waals surface area contributed by atoms with Crippen molar-refractivity contribution in [3.05, 3.63) is 24.8 Å². The third-order valence-corrected chi connectivity index (χ3v) is 6.07. The lowest BCUT2D eigenvalue weighted by molar-refractivity contribution is -0.116. The van der Waals surface area contributed by atoms with Gasteiger partial charge in [-0.25, -0.2) is 19.9 Å². The molecule has 11 heteroatoms. The number of amides is 2. The number of rotatable bonds is 8. The Bertz CT molecular complexity index is 650. The SMILES string of the molecule is CCC(=O)Nc1cnc(SSSc2ncc(NC(=O)CC)cn2)nc1. The zero-order valence-electron chi connectivity index (χ0n) is 13.6. The van der Waals surface area contributed by atoms with Crippen LogP contribution in [0.25, 0.3) is 0 Å². The lowest BCUT2D eigenvalue weighted by Crippen LogP contribution is -2.09. The van der Waals surface area contributed by atoms with E-state index in [1.54, 1.807) is 38.6 Å². The van der Waals surface area contributed by atoms with Crippen molar-refractivity contribution in [2.24, 2.45) is 0 Å². The maximum atomic E-state index is 11.3. The number of nitrogens with one attached hydrogen (secondary N) is 2. The van der Waals surface area contributed by atoms with Crippen LogP contribution in [0.4, 0.5) is 11.4 Å². The van der Waals surface area contributed by atoms with E-state index in [-0.39, 0.29) is 11.8 Å². The van der Waals surface area contributed by atoms with Gasteiger partial charge < -0.3 is 10.6 Å². The Morgan fingerprint density at radius 2 is 1.16 bits per heavy atom. The highest BCUT2D eigenvalue weighted by Gasteiger charge is 2.05. The van der Waals surface area contributed by atoms with Gasteiger partial charge in [-0.1, -0.05) is 13.8 Å². The minimum Gasteiger partial charge on any atom is -0.323 e. The number of anilines is 2. The van der Waals surface area contributed by atoms with Crippen molar-refractivity contribution in [1.82, 2.24) is 19.9 Å². The smallest absolute Gasteiger partial charge is 0.224 e. The summed E-state index contributed by atoms with van der Waals surface area (Å²) < 4.78 is 0. The molecule has 2 amide bonds. The number of aromatic nitrogens is 4. The van der Waals surface area contributed by atoms with E-state index in [4.69, 9.17) is 0 Å². The summed E-state index contributed by atoms with van der Waals surface area (Å²) in [5.41, 5.74) is 1.14. The van der Waals surface area contributed by atoms with Gasteiger partial charge in [-0.15, -0.1) is 0 Å². The highest BCUT2D eigenvalue weighted by molar-refractivity contribution is 9.09. The first-order valence-electron chi connectivity index (χ1n) is 7.35. The summed E-state index contributed by atoms with van der Waals surface area (Å²) in [7, 11) is 4.14. The summed E-state index contributed by atoms with van der Waals surface area (Å²) >= 11 is 0. The number of hydrogen-bond donors (Lipinski definition) is 2. The second kappa shape index (κ2) is 10.2. The van der Waals surface area contributed by atoms with Gasteiger partial charge in [0.15, 0.2) is 10.3 Å². The van der Waals surface area contributed by atoms with Crippen molar-refractivity contribution in [3.63, 3.8) is 0 Å². The van der Waals surface area contributed by atoms with Crippen molar-refractivity contribution in [2.75, 3.05) is 10.6 Å². The van der Waals surface area contributed by atoms with E-state index in [0.29, 0.717) is 34.5 Å². The van der Waals surface area contributed by atoms with Crippen LogP contribution in [0.5, 0.6) is 0 Å². The zero-order valence-corrected chi connectivity index (χ0v) is 16.0. The van der Waals surface area contributed by atoms with E-state index in [2.05, 4.69) is 30.6 Å². The van der Waals surface area contributed by atoms with Gasteiger partial charge in [0.25, 0.3) is 0 Å². The first-order chi connectivity index (χ1) is 12.1. The number of carbonyl (C=O) groups is 2. The van der Waals surface area contributed by atoms with Gasteiger partial charge in [-0.2, -0.15) is 0 Å². The number of carbonyl (C=O) groups excluding carboxylic acids is 2. The molecule has 2 aromatic heterocycles. The van der Waals surface area contributed by atoms with E-state index >= 15 is 0 Å². The number of nitrogens with zero attached hydrogens (tertiary/aromatic N) is 4. The van der Waals surface area contributed by atoms with E-state index in [1.807, 2.05) is 0 Å². The molecule has 0 radical (unpaired) electrons. The van der Waals surface area contributed by atoms with E-state index < -0.39 is 0 Å². The predicted molar refractivity (Wildman–Crippen MR) is 101 cm³/mol. The van der Waals surface area contributed by atoms with Crippen LogP contribution < -0.4 is 10.6 Å². The average Bonchev–Trinajstić information content (AvgIpc) is 2.64. The van der Waals surface area contributed by atoms with Gasteiger partial charge in [0.05, 0.1) is 36.2 Å². The van der Waals surface area contributed by atoms with Crippen molar-refractivity contribution >= 4 is 54.6 Å². The molecule has 0 fully saturated rings. The molecule has 0 unspecified atom stereocenters. The van der Waals surface area contributed by atoms with E-state index in [1.165, 1.54) is 31.4 Å². The molecule has 2 rings (SSSR count). The fraction of sp³-hybridized carbons (Fsp3) is 0.286. The van der Waals surface area contributed by atoms with Crippen LogP contribution in [0.3, 0.4) is 0 Å². The molecule has 0 saturated carbocycles. The molecular weight excluding hydrogens is 380 g/mol. The lowest BCUT2D eigenvalue weighted by Gasteiger charge is -2.04. The molecule has 0 aromatic carbocycles. The van der Waals surface area contributed by atoms with Gasteiger partial charge >= 0.3 is 0 Å². The van der Waals surface area contributed by atoms with Crippen LogP contribution in [0.15, 0.2) is 35.1 Å². The van der Waals surface area contributed by atoms with E-state index in [9.17, 15) is 9.59 Å². The molecule has 0 spiro atoms. The minimum atomic E-state index is -0.0790. The Labute approximate surface area is 156 Å². The average molecular weight is 397 g/mol. The molecule has 0 atom stereocenters. The van der Waals surface area contributed by atoms with Crippen LogP contribution in [0, 0.1) is 0 Å². The Morgan fingerprint density at radius 1 is 0.800 bits per heavy atom. The summed E-state index contributed by atoms with van der Waals surface area (Å²) in [5.74, 6) is -0.158. The summed E-state index contributed by atoms with van der Waals surface area (Å²) in [6, 6.07) is 0. The van der Waals surface area contributed by atoms with Gasteiger partial charge in [-0.05, 0) is 31.4 Å². The standard InChI is InChI=1S/C14H16N6O2S3/c1-3-11(21)19-9-5-15-13(16-6-9)23-25-24-14-17-7-10(8-18-14)20-12(22)4-2/h5-8H,3-4H2,1-2H3,(H,19,21)(H,20,22).